The molecule has 2 aromatic carbocycles. The number of aliphatic hydroxyl groups excluding tert-OH is 1. The number of nitrogens with zero attached hydrogens (tertiary/aromatic N) is 1. The van der Waals surface area contributed by atoms with Gasteiger partial charge in [0.15, 0.2) is 0 Å². The summed E-state index contributed by atoms with van der Waals surface area (Å²) in [6, 6.07) is 10.9. The topological polar surface area (TPSA) is 80.0 Å². The van der Waals surface area contributed by atoms with E-state index in [0.29, 0.717) is 11.3 Å². The van der Waals surface area contributed by atoms with Crippen LogP contribution in [0, 0.1) is 11.6 Å². The van der Waals surface area contributed by atoms with Crippen LogP contribution in [0.5, 0.6) is 5.75 Å². The van der Waals surface area contributed by atoms with Crippen molar-refractivity contribution in [3.05, 3.63) is 95.0 Å². The number of carbonyl (C=O) groups is 2. The van der Waals surface area contributed by atoms with Gasteiger partial charge in [-0.2, -0.15) is 0 Å². The second kappa shape index (κ2) is 8.06. The number of aliphatic hydroxyl groups is 1. The quantitative estimate of drug-likeness (QED) is 0.377. The molecule has 1 atom stereocenters. The molecule has 1 aromatic heterocycles. The highest BCUT2D eigenvalue weighted by Gasteiger charge is 2.46. The first kappa shape index (κ1) is 20.3. The molecule has 1 saturated heterocycles. The fourth-order valence-corrected chi connectivity index (χ4v) is 3.62. The monoisotopic (exact) mass is 425 g/mol. The highest BCUT2D eigenvalue weighted by Crippen LogP contribution is 2.41. The van der Waals surface area contributed by atoms with Crippen molar-refractivity contribution in [3.8, 4) is 5.75 Å². The summed E-state index contributed by atoms with van der Waals surface area (Å²) in [5, 5.41) is 11.0. The molecular weight excluding hydrogens is 408 g/mol. The number of methoxy groups -OCH3 is 1. The standard InChI is InChI=1S/C23H17F2NO5/c1-30-18-9-8-15(25)11-17(18)21(27)19-20(13-4-6-14(24)7-5-13)26(23(29)22(19)28)12-16-3-2-10-31-16/h2-11,20,27H,12H2,1H3/b21-19+. The van der Waals surface area contributed by atoms with Crippen molar-refractivity contribution < 1.29 is 32.6 Å². The number of hydrogen-bond acceptors (Lipinski definition) is 5. The zero-order valence-electron chi connectivity index (χ0n) is 16.3. The molecule has 4 rings (SSSR count). The fourth-order valence-electron chi connectivity index (χ4n) is 3.62. The average molecular weight is 425 g/mol. The number of benzene rings is 2. The number of rotatable bonds is 5. The number of likely N-dealkylation sites (tertiary alicyclic amines) is 1. The Bertz CT molecular complexity index is 1170. The first-order valence-corrected chi connectivity index (χ1v) is 9.31. The van der Waals surface area contributed by atoms with Crippen molar-refractivity contribution in [1.82, 2.24) is 4.90 Å². The van der Waals surface area contributed by atoms with E-state index in [0.717, 1.165) is 12.1 Å². The average Bonchev–Trinajstić information content (AvgIpc) is 3.36. The molecule has 1 fully saturated rings. The van der Waals surface area contributed by atoms with Gasteiger partial charge < -0.3 is 19.2 Å². The van der Waals surface area contributed by atoms with E-state index in [2.05, 4.69) is 0 Å². The summed E-state index contributed by atoms with van der Waals surface area (Å²) < 4.78 is 37.9. The van der Waals surface area contributed by atoms with E-state index < -0.39 is 35.1 Å². The van der Waals surface area contributed by atoms with Crippen molar-refractivity contribution in [2.45, 2.75) is 12.6 Å². The van der Waals surface area contributed by atoms with Crippen molar-refractivity contribution in [2.75, 3.05) is 7.11 Å². The minimum absolute atomic E-state index is 0.0588. The molecule has 0 aliphatic carbocycles. The highest BCUT2D eigenvalue weighted by atomic mass is 19.1. The Kier molecular flexibility index (Phi) is 5.29. The summed E-state index contributed by atoms with van der Waals surface area (Å²) in [5.74, 6) is -3.05. The summed E-state index contributed by atoms with van der Waals surface area (Å²) in [5.41, 5.74) is 0.0572. The first-order valence-electron chi connectivity index (χ1n) is 9.31. The van der Waals surface area contributed by atoms with E-state index in [1.165, 1.54) is 48.6 Å². The molecule has 158 valence electrons. The molecule has 0 saturated carbocycles. The number of carbonyl (C=O) groups excluding carboxylic acids is 2. The van der Waals surface area contributed by atoms with Gasteiger partial charge in [-0.3, -0.25) is 9.59 Å². The van der Waals surface area contributed by atoms with Crippen molar-refractivity contribution in [2.24, 2.45) is 0 Å². The maximum absolute atomic E-state index is 13.9. The minimum atomic E-state index is -1.04. The Morgan fingerprint density at radius 3 is 2.45 bits per heavy atom. The summed E-state index contributed by atoms with van der Waals surface area (Å²) in [6.45, 7) is -0.0588. The Balaban J connectivity index is 1.91. The van der Waals surface area contributed by atoms with Crippen molar-refractivity contribution in [1.29, 1.82) is 0 Å². The van der Waals surface area contributed by atoms with Crippen molar-refractivity contribution in [3.63, 3.8) is 0 Å². The maximum atomic E-state index is 13.9. The molecule has 6 nitrogen and oxygen atoms in total. The van der Waals surface area contributed by atoms with Crippen molar-refractivity contribution >= 4 is 17.4 Å². The Morgan fingerprint density at radius 2 is 1.81 bits per heavy atom. The molecule has 1 aliphatic heterocycles. The van der Waals surface area contributed by atoms with E-state index in [9.17, 15) is 23.5 Å². The zero-order chi connectivity index (χ0) is 22.1. The molecule has 1 unspecified atom stereocenters. The zero-order valence-corrected chi connectivity index (χ0v) is 16.3. The van der Waals surface area contributed by atoms with Gasteiger partial charge >= 0.3 is 0 Å². The van der Waals surface area contributed by atoms with Gasteiger partial charge in [-0.25, -0.2) is 8.78 Å². The smallest absolute Gasteiger partial charge is 0.296 e. The van der Waals surface area contributed by atoms with Gasteiger partial charge in [0.05, 0.1) is 37.1 Å². The number of ether oxygens (including phenoxy) is 1. The van der Waals surface area contributed by atoms with Gasteiger partial charge in [-0.1, -0.05) is 12.1 Å². The lowest BCUT2D eigenvalue weighted by Crippen LogP contribution is -2.29. The van der Waals surface area contributed by atoms with Crippen LogP contribution in [-0.2, 0) is 16.1 Å². The van der Waals surface area contributed by atoms with Crippen LogP contribution in [0.15, 0.2) is 70.9 Å². The SMILES string of the molecule is COc1ccc(F)cc1/C(O)=C1\C(=O)C(=O)N(Cc2ccco2)C1c1ccc(F)cc1. The largest absolute Gasteiger partial charge is 0.507 e. The van der Waals surface area contributed by atoms with Gasteiger partial charge in [0.2, 0.25) is 0 Å². The van der Waals surface area contributed by atoms with Crippen LogP contribution in [0.4, 0.5) is 8.78 Å². The highest BCUT2D eigenvalue weighted by molar-refractivity contribution is 6.46. The second-order valence-electron chi connectivity index (χ2n) is 6.90. The lowest BCUT2D eigenvalue weighted by atomic mass is 9.95. The van der Waals surface area contributed by atoms with Crippen LogP contribution < -0.4 is 4.74 Å². The van der Waals surface area contributed by atoms with E-state index in [4.69, 9.17) is 9.15 Å². The Hall–Kier alpha value is -3.94. The van der Waals surface area contributed by atoms with Crippen LogP contribution in [-0.4, -0.2) is 28.8 Å². The third-order valence-corrected chi connectivity index (χ3v) is 5.05. The number of Topliss-reactive ketones (excluding diaryl/α,β-unsaturated/α-hetero) is 1. The Morgan fingerprint density at radius 1 is 1.10 bits per heavy atom. The molecule has 3 aromatic rings. The number of amides is 1. The number of hydrogen-bond donors (Lipinski definition) is 1. The predicted octanol–water partition coefficient (Wildman–Crippen LogP) is 4.19. The van der Waals surface area contributed by atoms with E-state index in [1.54, 1.807) is 12.1 Å². The van der Waals surface area contributed by atoms with E-state index in [1.807, 2.05) is 0 Å². The molecule has 2 heterocycles. The van der Waals surface area contributed by atoms with Gasteiger partial charge in [0.25, 0.3) is 11.7 Å². The molecule has 1 amide bonds. The molecule has 1 aliphatic rings. The number of ketones is 1. The van der Waals surface area contributed by atoms with Crippen LogP contribution in [0.3, 0.4) is 0 Å². The summed E-state index contributed by atoms with van der Waals surface area (Å²) >= 11 is 0. The third kappa shape index (κ3) is 3.68. The number of halogens is 2. The lowest BCUT2D eigenvalue weighted by molar-refractivity contribution is -0.140. The molecule has 0 radical (unpaired) electrons. The number of furan rings is 1. The third-order valence-electron chi connectivity index (χ3n) is 5.05. The molecule has 0 spiro atoms. The van der Waals surface area contributed by atoms with E-state index >= 15 is 0 Å². The maximum Gasteiger partial charge on any atom is 0.296 e. The van der Waals surface area contributed by atoms with Crippen LogP contribution >= 0.6 is 0 Å². The molecule has 1 N–H and O–H groups in total. The Labute approximate surface area is 176 Å². The normalized spacial score (nSPS) is 17.9. The van der Waals surface area contributed by atoms with Crippen LogP contribution in [0.1, 0.15) is 22.9 Å². The minimum Gasteiger partial charge on any atom is -0.507 e. The first-order chi connectivity index (χ1) is 14.9. The van der Waals surface area contributed by atoms with Gasteiger partial charge in [0.1, 0.15) is 28.9 Å². The lowest BCUT2D eigenvalue weighted by Gasteiger charge is -2.24. The van der Waals surface area contributed by atoms with Gasteiger partial charge in [0, 0.05) is 0 Å². The summed E-state index contributed by atoms with van der Waals surface area (Å²) in [6.07, 6.45) is 1.43. The fraction of sp³-hybridized carbons (Fsp3) is 0.130. The summed E-state index contributed by atoms with van der Waals surface area (Å²) in [4.78, 5) is 27.0. The molecular formula is C23H17F2NO5. The molecule has 31 heavy (non-hydrogen) atoms. The van der Waals surface area contributed by atoms with Crippen LogP contribution in [0.2, 0.25) is 0 Å². The second-order valence-corrected chi connectivity index (χ2v) is 6.90. The molecule has 0 bridgehead atoms. The van der Waals surface area contributed by atoms with Crippen LogP contribution in [0.25, 0.3) is 5.76 Å². The van der Waals surface area contributed by atoms with Gasteiger partial charge in [-0.15, -0.1) is 0 Å². The predicted molar refractivity (Wildman–Crippen MR) is 106 cm³/mol. The van der Waals surface area contributed by atoms with Gasteiger partial charge in [-0.05, 0) is 48.0 Å². The summed E-state index contributed by atoms with van der Waals surface area (Å²) in [7, 11) is 1.33. The molecule has 8 heteroatoms. The van der Waals surface area contributed by atoms with E-state index in [-0.39, 0.29) is 23.4 Å².